The second-order valence-electron chi connectivity index (χ2n) is 6.13. The van der Waals surface area contributed by atoms with Crippen molar-refractivity contribution in [1.29, 1.82) is 0 Å². The van der Waals surface area contributed by atoms with Gasteiger partial charge in [-0.2, -0.15) is 9.78 Å². The second-order valence-corrected chi connectivity index (χ2v) is 7.01. The molecule has 0 aliphatic heterocycles. The fourth-order valence-electron chi connectivity index (χ4n) is 2.99. The molecule has 0 aliphatic carbocycles. The number of carbonyl (C=O) groups excluding carboxylic acids is 1. The Morgan fingerprint density at radius 1 is 0.929 bits per heavy atom. The maximum absolute atomic E-state index is 13.0. The van der Waals surface area contributed by atoms with Gasteiger partial charge in [-0.25, -0.2) is 0 Å². The fourth-order valence-corrected chi connectivity index (χ4v) is 3.45. The molecule has 6 heteroatoms. The van der Waals surface area contributed by atoms with Crippen LogP contribution in [0.25, 0.3) is 16.5 Å². The minimum Gasteiger partial charge on any atom is -0.321 e. The van der Waals surface area contributed by atoms with Gasteiger partial charge in [0.1, 0.15) is 0 Å². The van der Waals surface area contributed by atoms with Crippen LogP contribution in [0, 0.1) is 0 Å². The Morgan fingerprint density at radius 3 is 2.39 bits per heavy atom. The lowest BCUT2D eigenvalue weighted by Crippen LogP contribution is -2.26. The van der Waals surface area contributed by atoms with Crippen LogP contribution in [-0.2, 0) is 0 Å². The quantitative estimate of drug-likeness (QED) is 0.529. The Balaban J connectivity index is 1.85. The molecule has 5 nitrogen and oxygen atoms in total. The predicted molar refractivity (Wildman–Crippen MR) is 114 cm³/mol. The third-order valence-corrected chi connectivity index (χ3v) is 5.07. The number of benzene rings is 3. The highest BCUT2D eigenvalue weighted by molar-refractivity contribution is 7.98. The lowest BCUT2D eigenvalue weighted by molar-refractivity contribution is 0.102. The number of hydrogen-bond donors (Lipinski definition) is 1. The molecule has 1 aromatic heterocycles. The summed E-state index contributed by atoms with van der Waals surface area (Å²) in [6.07, 6.45) is 1.98. The van der Waals surface area contributed by atoms with E-state index in [1.165, 1.54) is 4.68 Å². The summed E-state index contributed by atoms with van der Waals surface area (Å²) < 4.78 is 1.27. The van der Waals surface area contributed by atoms with Crippen LogP contribution in [0.5, 0.6) is 0 Å². The molecule has 4 aromatic rings. The lowest BCUT2D eigenvalue weighted by Gasteiger charge is -2.11. The van der Waals surface area contributed by atoms with Crippen molar-refractivity contribution in [3.63, 3.8) is 0 Å². The molecule has 0 radical (unpaired) electrons. The van der Waals surface area contributed by atoms with Gasteiger partial charge < -0.3 is 5.32 Å². The van der Waals surface area contributed by atoms with Gasteiger partial charge in [0, 0.05) is 16.0 Å². The van der Waals surface area contributed by atoms with Crippen LogP contribution in [-0.4, -0.2) is 21.9 Å². The molecule has 0 bridgehead atoms. The average Bonchev–Trinajstić information content (AvgIpc) is 2.75. The third kappa shape index (κ3) is 3.42. The molecule has 0 spiro atoms. The SMILES string of the molecule is CSc1cccc(NC(=O)c2nn(-c3ccccc3)c(=O)c3ccccc23)c1. The first-order chi connectivity index (χ1) is 13.7. The minimum atomic E-state index is -0.362. The van der Waals surface area contributed by atoms with Crippen LogP contribution in [0.1, 0.15) is 10.5 Å². The summed E-state index contributed by atoms with van der Waals surface area (Å²) in [6, 6.07) is 23.7. The Morgan fingerprint density at radius 2 is 1.64 bits per heavy atom. The van der Waals surface area contributed by atoms with Gasteiger partial charge in [-0.15, -0.1) is 11.8 Å². The lowest BCUT2D eigenvalue weighted by atomic mass is 10.1. The van der Waals surface area contributed by atoms with Crippen LogP contribution in [0.3, 0.4) is 0 Å². The van der Waals surface area contributed by atoms with Gasteiger partial charge >= 0.3 is 0 Å². The molecular weight excluding hydrogens is 370 g/mol. The number of amides is 1. The van der Waals surface area contributed by atoms with Gasteiger partial charge in [0.2, 0.25) is 0 Å². The second kappa shape index (κ2) is 7.70. The van der Waals surface area contributed by atoms with Crippen LogP contribution in [0.4, 0.5) is 5.69 Å². The summed E-state index contributed by atoms with van der Waals surface area (Å²) in [5, 5.41) is 8.26. The predicted octanol–water partition coefficient (Wildman–Crippen LogP) is 4.36. The molecule has 3 aromatic carbocycles. The normalized spacial score (nSPS) is 10.8. The molecule has 0 atom stereocenters. The summed E-state index contributed by atoms with van der Waals surface area (Å²) in [5.74, 6) is -0.362. The van der Waals surface area contributed by atoms with E-state index in [4.69, 9.17) is 0 Å². The Kier molecular flexibility index (Phi) is 4.95. The van der Waals surface area contributed by atoms with Gasteiger partial charge in [-0.3, -0.25) is 9.59 Å². The number of para-hydroxylation sites is 1. The van der Waals surface area contributed by atoms with Crippen molar-refractivity contribution in [3.05, 3.63) is 94.9 Å². The number of fused-ring (bicyclic) bond motifs is 1. The van der Waals surface area contributed by atoms with Gasteiger partial charge in [0.25, 0.3) is 11.5 Å². The van der Waals surface area contributed by atoms with Crippen LogP contribution >= 0.6 is 11.8 Å². The number of thioether (sulfide) groups is 1. The smallest absolute Gasteiger partial charge is 0.279 e. The monoisotopic (exact) mass is 387 g/mol. The molecule has 0 aliphatic rings. The van der Waals surface area contributed by atoms with Crippen LogP contribution in [0.2, 0.25) is 0 Å². The molecule has 1 heterocycles. The number of nitrogens with one attached hydrogen (secondary N) is 1. The van der Waals surface area contributed by atoms with Crippen molar-refractivity contribution in [2.24, 2.45) is 0 Å². The topological polar surface area (TPSA) is 64.0 Å². The number of hydrogen-bond acceptors (Lipinski definition) is 4. The van der Waals surface area contributed by atoms with Crippen molar-refractivity contribution < 1.29 is 4.79 Å². The number of nitrogens with zero attached hydrogens (tertiary/aromatic N) is 2. The van der Waals surface area contributed by atoms with E-state index < -0.39 is 0 Å². The van der Waals surface area contributed by atoms with Gasteiger partial charge in [-0.1, -0.05) is 42.5 Å². The van der Waals surface area contributed by atoms with Crippen molar-refractivity contribution in [3.8, 4) is 5.69 Å². The first kappa shape index (κ1) is 18.0. The molecule has 1 N–H and O–H groups in total. The molecule has 0 saturated heterocycles. The van der Waals surface area contributed by atoms with Crippen molar-refractivity contribution in [1.82, 2.24) is 9.78 Å². The molecule has 0 fully saturated rings. The number of anilines is 1. The molecule has 4 rings (SSSR count). The summed E-state index contributed by atoms with van der Waals surface area (Å²) >= 11 is 1.60. The number of rotatable bonds is 4. The van der Waals surface area contributed by atoms with E-state index >= 15 is 0 Å². The standard InChI is InChI=1S/C22H17N3O2S/c1-28-17-11-7-8-15(14-17)23-21(26)20-18-12-5-6-13-19(18)22(27)25(24-20)16-9-3-2-4-10-16/h2-14H,1H3,(H,23,26). The fraction of sp³-hybridized carbons (Fsp3) is 0.0455. The molecule has 28 heavy (non-hydrogen) atoms. The highest BCUT2D eigenvalue weighted by atomic mass is 32.2. The Labute approximate surface area is 166 Å². The van der Waals surface area contributed by atoms with Gasteiger partial charge in [0.15, 0.2) is 5.69 Å². The largest absolute Gasteiger partial charge is 0.321 e. The molecule has 1 amide bonds. The van der Waals surface area contributed by atoms with E-state index in [-0.39, 0.29) is 17.2 Å². The van der Waals surface area contributed by atoms with E-state index in [0.29, 0.717) is 22.1 Å². The minimum absolute atomic E-state index is 0.202. The number of carbonyl (C=O) groups is 1. The average molecular weight is 387 g/mol. The van der Waals surface area contributed by atoms with Gasteiger partial charge in [0.05, 0.1) is 11.1 Å². The Bertz CT molecular complexity index is 1220. The first-order valence-electron chi connectivity index (χ1n) is 8.70. The van der Waals surface area contributed by atoms with Crippen LogP contribution < -0.4 is 10.9 Å². The van der Waals surface area contributed by atoms with E-state index in [0.717, 1.165) is 4.90 Å². The summed E-state index contributed by atoms with van der Waals surface area (Å²) in [7, 11) is 0. The van der Waals surface area contributed by atoms with E-state index in [1.54, 1.807) is 48.2 Å². The van der Waals surface area contributed by atoms with E-state index in [2.05, 4.69) is 10.4 Å². The van der Waals surface area contributed by atoms with Gasteiger partial charge in [-0.05, 0) is 42.7 Å². The highest BCUT2D eigenvalue weighted by Crippen LogP contribution is 2.21. The van der Waals surface area contributed by atoms with Crippen molar-refractivity contribution >= 4 is 34.1 Å². The summed E-state index contributed by atoms with van der Waals surface area (Å²) in [6.45, 7) is 0. The summed E-state index contributed by atoms with van der Waals surface area (Å²) in [4.78, 5) is 27.0. The first-order valence-corrected chi connectivity index (χ1v) is 9.93. The molecular formula is C22H17N3O2S. The Hall–Kier alpha value is -3.38. The maximum atomic E-state index is 13.0. The number of aromatic nitrogens is 2. The zero-order chi connectivity index (χ0) is 19.5. The van der Waals surface area contributed by atoms with E-state index in [9.17, 15) is 9.59 Å². The van der Waals surface area contributed by atoms with Crippen LogP contribution in [0.15, 0.2) is 88.6 Å². The maximum Gasteiger partial charge on any atom is 0.279 e. The van der Waals surface area contributed by atoms with Crippen molar-refractivity contribution in [2.75, 3.05) is 11.6 Å². The molecule has 0 unspecified atom stereocenters. The molecule has 0 saturated carbocycles. The highest BCUT2D eigenvalue weighted by Gasteiger charge is 2.17. The summed E-state index contributed by atoms with van der Waals surface area (Å²) in [5.41, 5.74) is 1.23. The van der Waals surface area contributed by atoms with E-state index in [1.807, 2.05) is 48.7 Å². The third-order valence-electron chi connectivity index (χ3n) is 4.35. The molecule has 138 valence electrons. The zero-order valence-electron chi connectivity index (χ0n) is 15.1. The van der Waals surface area contributed by atoms with Crippen molar-refractivity contribution in [2.45, 2.75) is 4.90 Å². The zero-order valence-corrected chi connectivity index (χ0v) is 15.9.